The number of carbonyl (C=O) groups excluding carboxylic acids is 2. The van der Waals surface area contributed by atoms with Crippen molar-refractivity contribution in [2.24, 2.45) is 5.92 Å². The number of nitro groups is 1. The minimum atomic E-state index is -1.24. The van der Waals surface area contributed by atoms with Gasteiger partial charge in [0, 0.05) is 30.4 Å². The third-order valence-electron chi connectivity index (χ3n) is 6.75. The maximum absolute atomic E-state index is 13.3. The van der Waals surface area contributed by atoms with Crippen molar-refractivity contribution in [1.82, 2.24) is 0 Å². The number of nitrogens with zero attached hydrogens (tertiary/aromatic N) is 2. The van der Waals surface area contributed by atoms with Crippen molar-refractivity contribution in [3.05, 3.63) is 99.1 Å². The van der Waals surface area contributed by atoms with Crippen LogP contribution in [-0.2, 0) is 9.53 Å². The van der Waals surface area contributed by atoms with Gasteiger partial charge in [0.25, 0.3) is 11.6 Å². The van der Waals surface area contributed by atoms with Gasteiger partial charge in [0.05, 0.1) is 10.5 Å². The number of nitrogens with one attached hydrogen (secondary N) is 1. The Morgan fingerprint density at radius 3 is 2.41 bits per heavy atom. The average Bonchev–Trinajstić information content (AvgIpc) is 2.89. The van der Waals surface area contributed by atoms with Crippen LogP contribution in [0.3, 0.4) is 0 Å². The molecular formula is C29H31N3O5. The topological polar surface area (TPSA) is 102 Å². The highest BCUT2D eigenvalue weighted by Gasteiger charge is 2.29. The molecule has 1 heterocycles. The van der Waals surface area contributed by atoms with Crippen molar-refractivity contribution in [1.29, 1.82) is 0 Å². The molecule has 1 saturated heterocycles. The number of piperidine rings is 1. The average molecular weight is 502 g/mol. The minimum absolute atomic E-state index is 0.0151. The summed E-state index contributed by atoms with van der Waals surface area (Å²) in [5.41, 5.74) is 3.31. The molecule has 1 aliphatic heterocycles. The van der Waals surface area contributed by atoms with Crippen molar-refractivity contribution in [2.75, 3.05) is 23.3 Å². The summed E-state index contributed by atoms with van der Waals surface area (Å²) in [5, 5.41) is 14.7. The van der Waals surface area contributed by atoms with E-state index in [9.17, 15) is 19.7 Å². The van der Waals surface area contributed by atoms with Crippen molar-refractivity contribution in [3.63, 3.8) is 0 Å². The second-order valence-corrected chi connectivity index (χ2v) is 9.63. The smallest absolute Gasteiger partial charge is 0.339 e. The number of hydrogen-bond donors (Lipinski definition) is 1. The Balaban J connectivity index is 1.60. The van der Waals surface area contributed by atoms with Gasteiger partial charge in [-0.25, -0.2) is 4.79 Å². The van der Waals surface area contributed by atoms with E-state index in [0.29, 0.717) is 22.9 Å². The van der Waals surface area contributed by atoms with Crippen LogP contribution in [0.2, 0.25) is 0 Å². The molecule has 37 heavy (non-hydrogen) atoms. The van der Waals surface area contributed by atoms with E-state index < -0.39 is 22.9 Å². The molecule has 8 heteroatoms. The lowest BCUT2D eigenvalue weighted by molar-refractivity contribution is -0.384. The number of nitro benzene ring substituents is 1. The van der Waals surface area contributed by atoms with E-state index in [-0.39, 0.29) is 11.3 Å². The number of carbonyl (C=O) groups is 2. The van der Waals surface area contributed by atoms with Crippen LogP contribution in [0.5, 0.6) is 0 Å². The molecule has 3 aromatic rings. The highest BCUT2D eigenvalue weighted by atomic mass is 16.6. The van der Waals surface area contributed by atoms with Gasteiger partial charge < -0.3 is 15.0 Å². The highest BCUT2D eigenvalue weighted by molar-refractivity contribution is 5.99. The zero-order chi connectivity index (χ0) is 26.5. The third-order valence-corrected chi connectivity index (χ3v) is 6.75. The summed E-state index contributed by atoms with van der Waals surface area (Å²) in [5.74, 6) is -0.747. The molecule has 0 bridgehead atoms. The highest BCUT2D eigenvalue weighted by Crippen LogP contribution is 2.33. The van der Waals surface area contributed by atoms with E-state index in [1.54, 1.807) is 36.4 Å². The van der Waals surface area contributed by atoms with Crippen molar-refractivity contribution >= 4 is 28.9 Å². The summed E-state index contributed by atoms with van der Waals surface area (Å²) in [6, 6.07) is 18.7. The van der Waals surface area contributed by atoms with E-state index in [4.69, 9.17) is 4.74 Å². The Bertz CT molecular complexity index is 1300. The molecule has 192 valence electrons. The Labute approximate surface area is 216 Å². The predicted molar refractivity (Wildman–Crippen MR) is 143 cm³/mol. The molecule has 8 nitrogen and oxygen atoms in total. The van der Waals surface area contributed by atoms with Crippen LogP contribution < -0.4 is 10.2 Å². The van der Waals surface area contributed by atoms with Gasteiger partial charge in [-0.2, -0.15) is 0 Å². The monoisotopic (exact) mass is 501 g/mol. The fourth-order valence-corrected chi connectivity index (χ4v) is 4.46. The molecule has 0 saturated carbocycles. The first-order valence-electron chi connectivity index (χ1n) is 12.4. The molecule has 0 radical (unpaired) electrons. The van der Waals surface area contributed by atoms with Crippen molar-refractivity contribution in [3.8, 4) is 0 Å². The van der Waals surface area contributed by atoms with E-state index in [2.05, 4.69) is 12.2 Å². The van der Waals surface area contributed by atoms with Gasteiger partial charge in [-0.3, -0.25) is 14.9 Å². The quantitative estimate of drug-likeness (QED) is 0.243. The first-order valence-corrected chi connectivity index (χ1v) is 12.4. The standard InChI is InChI=1S/C29H31N3O5/c1-19-13-15-31(16-14-19)25-12-11-23(18-26(25)32(35)36)29(34)37-27(22-7-5-4-6-8-22)28(33)30-24-17-20(2)9-10-21(24)3/h4-12,17-19,27H,13-16H2,1-3H3,(H,30,33). The SMILES string of the molecule is Cc1ccc(C)c(NC(=O)C(OC(=O)c2ccc(N3CCC(C)CC3)c([N+](=O)[O-])c2)c2ccccc2)c1. The first kappa shape index (κ1) is 25.9. The fraction of sp³-hybridized carbons (Fsp3) is 0.310. The molecule has 0 spiro atoms. The summed E-state index contributed by atoms with van der Waals surface area (Å²) < 4.78 is 5.67. The number of aryl methyl sites for hydroxylation is 2. The maximum atomic E-state index is 13.3. The normalized spacial score (nSPS) is 14.6. The minimum Gasteiger partial charge on any atom is -0.444 e. The van der Waals surface area contributed by atoms with Crippen LogP contribution in [0.15, 0.2) is 66.7 Å². The third kappa shape index (κ3) is 6.14. The number of amides is 1. The van der Waals surface area contributed by atoms with Crippen LogP contribution in [-0.4, -0.2) is 29.9 Å². The maximum Gasteiger partial charge on any atom is 0.339 e. The fourth-order valence-electron chi connectivity index (χ4n) is 4.46. The number of esters is 1. The lowest BCUT2D eigenvalue weighted by Crippen LogP contribution is -2.33. The summed E-state index contributed by atoms with van der Waals surface area (Å²) in [6.45, 7) is 7.42. The molecule has 1 atom stereocenters. The summed E-state index contributed by atoms with van der Waals surface area (Å²) >= 11 is 0. The molecular weight excluding hydrogens is 470 g/mol. The van der Waals surface area contributed by atoms with Crippen LogP contribution >= 0.6 is 0 Å². The van der Waals surface area contributed by atoms with Gasteiger partial charge in [0.1, 0.15) is 5.69 Å². The molecule has 1 aliphatic rings. The molecule has 3 aromatic carbocycles. The Hall–Kier alpha value is -4.20. The Morgan fingerprint density at radius 1 is 1.03 bits per heavy atom. The number of ether oxygens (including phenoxy) is 1. The van der Waals surface area contributed by atoms with Gasteiger partial charge in [-0.15, -0.1) is 0 Å². The van der Waals surface area contributed by atoms with Crippen LogP contribution in [0.1, 0.15) is 52.9 Å². The lowest BCUT2D eigenvalue weighted by atomic mass is 9.98. The summed E-state index contributed by atoms with van der Waals surface area (Å²) in [4.78, 5) is 39.9. The van der Waals surface area contributed by atoms with Gasteiger partial charge >= 0.3 is 5.97 Å². The zero-order valence-corrected chi connectivity index (χ0v) is 21.3. The molecule has 1 unspecified atom stereocenters. The number of benzene rings is 3. The Kier molecular flexibility index (Phi) is 7.86. The van der Waals surface area contributed by atoms with Gasteiger partial charge in [-0.1, -0.05) is 49.4 Å². The molecule has 1 N–H and O–H groups in total. The summed E-state index contributed by atoms with van der Waals surface area (Å²) in [6.07, 6.45) is 0.667. The van der Waals surface area contributed by atoms with E-state index in [1.807, 2.05) is 36.9 Å². The van der Waals surface area contributed by atoms with Crippen LogP contribution in [0, 0.1) is 29.9 Å². The summed E-state index contributed by atoms with van der Waals surface area (Å²) in [7, 11) is 0. The van der Waals surface area contributed by atoms with Crippen molar-refractivity contribution in [2.45, 2.75) is 39.7 Å². The van der Waals surface area contributed by atoms with E-state index in [1.165, 1.54) is 12.1 Å². The van der Waals surface area contributed by atoms with Gasteiger partial charge in [0.2, 0.25) is 6.10 Å². The number of rotatable bonds is 7. The molecule has 0 aliphatic carbocycles. The van der Waals surface area contributed by atoms with Crippen LogP contribution in [0.4, 0.5) is 17.1 Å². The zero-order valence-electron chi connectivity index (χ0n) is 21.3. The number of hydrogen-bond acceptors (Lipinski definition) is 6. The second kappa shape index (κ2) is 11.2. The predicted octanol–water partition coefficient (Wildman–Crippen LogP) is 5.98. The van der Waals surface area contributed by atoms with Crippen molar-refractivity contribution < 1.29 is 19.2 Å². The molecule has 4 rings (SSSR count). The first-order chi connectivity index (χ1) is 17.7. The van der Waals surface area contributed by atoms with E-state index >= 15 is 0 Å². The van der Waals surface area contributed by atoms with Gasteiger partial charge in [-0.05, 0) is 61.9 Å². The Morgan fingerprint density at radius 2 is 1.73 bits per heavy atom. The molecule has 1 fully saturated rings. The second-order valence-electron chi connectivity index (χ2n) is 9.63. The lowest BCUT2D eigenvalue weighted by Gasteiger charge is -2.31. The largest absolute Gasteiger partial charge is 0.444 e. The number of anilines is 2. The molecule has 0 aromatic heterocycles. The molecule has 1 amide bonds. The van der Waals surface area contributed by atoms with Crippen LogP contribution in [0.25, 0.3) is 0 Å². The van der Waals surface area contributed by atoms with Gasteiger partial charge in [0.15, 0.2) is 0 Å². The van der Waals surface area contributed by atoms with E-state index in [0.717, 1.165) is 37.1 Å².